The molecule has 3 fully saturated rings. The van der Waals surface area contributed by atoms with Crippen LogP contribution in [0.25, 0.3) is 6.08 Å². The molecule has 0 N–H and O–H groups in total. The molecule has 0 radical (unpaired) electrons. The molecule has 0 aromatic carbocycles. The molecule has 14 nitrogen and oxygen atoms in total. The fourth-order valence-corrected chi connectivity index (χ4v) is 8.82. The maximum absolute atomic E-state index is 11.9. The zero-order valence-electron chi connectivity index (χ0n) is 35.9. The lowest BCUT2D eigenvalue weighted by molar-refractivity contribution is 0.0580. The molecule has 3 aliphatic heterocycles. The summed E-state index contributed by atoms with van der Waals surface area (Å²) in [5.74, 6) is 3.97. The number of halogens is 1. The second-order valence-electron chi connectivity index (χ2n) is 14.2. The van der Waals surface area contributed by atoms with Crippen LogP contribution in [0.5, 0.6) is 0 Å². The molecule has 63 heavy (non-hydrogen) atoms. The standard InChI is InChI=1S/C17H21N3O2S.C15H18BrN3O2S.C6H9B3O3.C5H5N/c1-3-13-9-15(16(21)22-2)20(10-13)11-14-12-23-17(18-14)19-7-5-4-6-8-19;1-21-14(20)13-7-11(16)8-19(13)9-12-10-22-15(17-12)18-5-3-2-4-6-18;1-4-7-10-8(5-2)12-9(6-3)11-7;1-2-4-6-5-3-1/h3,9-10,12H,1,4-8,11H2,2H3;7-8,10H,2-6,9H2,1H3;4-6H,1-3H2;1-5H. The van der Waals surface area contributed by atoms with Gasteiger partial charge in [0.15, 0.2) is 10.3 Å². The quantitative estimate of drug-likeness (QED) is 0.0875. The average Bonchev–Trinajstić information content (AvgIpc) is 4.18. The summed E-state index contributed by atoms with van der Waals surface area (Å²) in [6.45, 7) is 19.9. The van der Waals surface area contributed by atoms with Crippen LogP contribution >= 0.6 is 38.6 Å². The number of methoxy groups -OCH3 is 2. The maximum atomic E-state index is 11.9. The molecule has 0 saturated carbocycles. The van der Waals surface area contributed by atoms with Gasteiger partial charge in [-0.3, -0.25) is 4.98 Å². The van der Waals surface area contributed by atoms with Crippen LogP contribution < -0.4 is 9.80 Å². The van der Waals surface area contributed by atoms with Gasteiger partial charge in [-0.05, 0) is 84.3 Å². The highest BCUT2D eigenvalue weighted by Crippen LogP contribution is 2.27. The molecule has 3 aliphatic rings. The van der Waals surface area contributed by atoms with Crippen molar-refractivity contribution in [2.45, 2.75) is 51.6 Å². The van der Waals surface area contributed by atoms with Crippen molar-refractivity contribution in [3.63, 3.8) is 0 Å². The molecule has 0 amide bonds. The van der Waals surface area contributed by atoms with Gasteiger partial charge in [0.05, 0.1) is 38.7 Å². The topological polar surface area (TPSA) is 135 Å². The SMILES string of the molecule is C=CB1OB(C=C)OB(C=C)O1.C=Cc1cc(C(=O)OC)n(Cc2csc(N3CCCCC3)n2)c1.COC(=O)c1cc(Br)cn1Cc1csc(N2CCCCC2)n1.c1ccncc1. The van der Waals surface area contributed by atoms with Crippen LogP contribution in [-0.4, -0.2) is 97.8 Å². The van der Waals surface area contributed by atoms with Gasteiger partial charge in [-0.25, -0.2) is 19.6 Å². The number of carbonyl (C=O) groups is 2. The normalized spacial score (nSPS) is 14.7. The van der Waals surface area contributed by atoms with Gasteiger partial charge in [0, 0.05) is 66.2 Å². The molecule has 0 aliphatic carbocycles. The predicted octanol–water partition coefficient (Wildman–Crippen LogP) is 8.72. The van der Waals surface area contributed by atoms with Crippen LogP contribution in [0.1, 0.15) is 76.5 Å². The zero-order valence-corrected chi connectivity index (χ0v) is 39.1. The Hall–Kier alpha value is -4.98. The Morgan fingerprint density at radius 1 is 0.698 bits per heavy atom. The third-order valence-corrected chi connectivity index (χ3v) is 12.1. The lowest BCUT2D eigenvalue weighted by Gasteiger charge is -2.26. The molecule has 0 unspecified atom stereocenters. The summed E-state index contributed by atoms with van der Waals surface area (Å²) in [5, 5.41) is 6.30. The number of anilines is 2. The highest BCUT2D eigenvalue weighted by atomic mass is 79.9. The highest BCUT2D eigenvalue weighted by molar-refractivity contribution is 9.10. The average molecular weight is 956 g/mol. The molecule has 8 heterocycles. The minimum atomic E-state index is -0.454. The summed E-state index contributed by atoms with van der Waals surface area (Å²) in [6.07, 6.45) is 16.6. The molecule has 5 aromatic heterocycles. The minimum absolute atomic E-state index is 0.336. The third kappa shape index (κ3) is 15.1. The molecule has 0 atom stereocenters. The van der Waals surface area contributed by atoms with Gasteiger partial charge in [-0.15, -0.1) is 42.4 Å². The van der Waals surface area contributed by atoms with E-state index in [1.165, 1.54) is 52.7 Å². The highest BCUT2D eigenvalue weighted by Gasteiger charge is 2.35. The van der Waals surface area contributed by atoms with E-state index in [-0.39, 0.29) is 11.9 Å². The first kappa shape index (κ1) is 49.0. The van der Waals surface area contributed by atoms with E-state index in [0.717, 1.165) is 57.9 Å². The Bertz CT molecular complexity index is 2160. The van der Waals surface area contributed by atoms with E-state index >= 15 is 0 Å². The summed E-state index contributed by atoms with van der Waals surface area (Å²) in [6, 6.07) is 9.27. The Morgan fingerprint density at radius 3 is 1.52 bits per heavy atom. The molecule has 0 bridgehead atoms. The number of pyridine rings is 1. The first-order valence-electron chi connectivity index (χ1n) is 20.6. The summed E-state index contributed by atoms with van der Waals surface area (Å²) in [5.41, 5.74) is 3.89. The number of ether oxygens (including phenoxy) is 2. The van der Waals surface area contributed by atoms with Crippen LogP contribution in [0.15, 0.2) is 115 Å². The Kier molecular flexibility index (Phi) is 20.2. The number of nitrogens with zero attached hydrogens (tertiary/aromatic N) is 7. The Morgan fingerprint density at radius 2 is 1.14 bits per heavy atom. The molecular weight excluding hydrogens is 903 g/mol. The molecule has 3 saturated heterocycles. The van der Waals surface area contributed by atoms with Crippen LogP contribution in [0.3, 0.4) is 0 Å². The summed E-state index contributed by atoms with van der Waals surface area (Å²) in [7, 11) is 1.43. The number of piperidine rings is 2. The van der Waals surface area contributed by atoms with Crippen LogP contribution in [0.4, 0.5) is 10.3 Å². The fourth-order valence-electron chi connectivity index (χ4n) is 6.62. The van der Waals surface area contributed by atoms with Crippen molar-refractivity contribution in [3.05, 3.63) is 143 Å². The summed E-state index contributed by atoms with van der Waals surface area (Å²) >= 11 is 6.76. The monoisotopic (exact) mass is 955 g/mol. The first-order chi connectivity index (χ1) is 30.7. The van der Waals surface area contributed by atoms with Crippen molar-refractivity contribution in [2.24, 2.45) is 0 Å². The van der Waals surface area contributed by atoms with Crippen molar-refractivity contribution in [3.8, 4) is 0 Å². The van der Waals surface area contributed by atoms with Crippen molar-refractivity contribution < 1.29 is 32.8 Å². The number of thiazole rings is 2. The molecule has 20 heteroatoms. The van der Waals surface area contributed by atoms with E-state index in [1.807, 2.05) is 39.7 Å². The predicted molar refractivity (Wildman–Crippen MR) is 259 cm³/mol. The van der Waals surface area contributed by atoms with Gasteiger partial charge >= 0.3 is 33.3 Å². The molecule has 0 spiro atoms. The van der Waals surface area contributed by atoms with Crippen molar-refractivity contribution in [2.75, 3.05) is 50.2 Å². The van der Waals surface area contributed by atoms with Gasteiger partial charge in [0.2, 0.25) is 0 Å². The minimum Gasteiger partial charge on any atom is -0.464 e. The van der Waals surface area contributed by atoms with Gasteiger partial charge < -0.3 is 42.1 Å². The Balaban J connectivity index is 0.000000173. The zero-order chi connectivity index (χ0) is 45.0. The summed E-state index contributed by atoms with van der Waals surface area (Å²) < 4.78 is 29.8. The van der Waals surface area contributed by atoms with Gasteiger partial charge in [-0.2, -0.15) is 0 Å². The van der Waals surface area contributed by atoms with E-state index in [4.69, 9.17) is 33.2 Å². The molecule has 330 valence electrons. The number of hydrogen-bond acceptors (Lipinski definition) is 14. The number of esters is 2. The molecule has 8 rings (SSSR count). The number of rotatable bonds is 12. The first-order valence-corrected chi connectivity index (χ1v) is 23.2. The van der Waals surface area contributed by atoms with E-state index < -0.39 is 21.4 Å². The van der Waals surface area contributed by atoms with Crippen molar-refractivity contribution in [1.82, 2.24) is 24.1 Å². The largest absolute Gasteiger partial charge is 0.464 e. The van der Waals surface area contributed by atoms with Gasteiger partial charge in [0.1, 0.15) is 11.4 Å². The fraction of sp³-hybridized carbons (Fsp3) is 0.326. The van der Waals surface area contributed by atoms with E-state index in [1.54, 1.807) is 71.2 Å². The Labute approximate surface area is 387 Å². The third-order valence-electron chi connectivity index (χ3n) is 9.75. The molecule has 5 aromatic rings. The number of carbonyl (C=O) groups excluding carboxylic acids is 2. The second kappa shape index (κ2) is 26.0. The maximum Gasteiger partial charge on any atom is 0.458 e. The molecular formula is C43H53B3BrN7O7S2. The second-order valence-corrected chi connectivity index (χ2v) is 16.8. The summed E-state index contributed by atoms with van der Waals surface area (Å²) in [4.78, 5) is 41.6. The van der Waals surface area contributed by atoms with Crippen LogP contribution in [-0.2, 0) is 36.3 Å². The van der Waals surface area contributed by atoms with Gasteiger partial charge in [0.25, 0.3) is 0 Å². The number of aromatic nitrogens is 5. The van der Waals surface area contributed by atoms with Crippen molar-refractivity contribution >= 4 is 88.2 Å². The van der Waals surface area contributed by atoms with Gasteiger partial charge in [-0.1, -0.05) is 36.6 Å². The smallest absolute Gasteiger partial charge is 0.458 e. The lowest BCUT2D eigenvalue weighted by atomic mass is 9.70. The van der Waals surface area contributed by atoms with Crippen LogP contribution in [0, 0.1) is 0 Å². The van der Waals surface area contributed by atoms with E-state index in [9.17, 15) is 9.59 Å². The van der Waals surface area contributed by atoms with E-state index in [0.29, 0.717) is 24.5 Å². The number of hydrogen-bond donors (Lipinski definition) is 0. The van der Waals surface area contributed by atoms with E-state index in [2.05, 4.69) is 67.8 Å². The van der Waals surface area contributed by atoms with Crippen LogP contribution in [0.2, 0.25) is 0 Å². The van der Waals surface area contributed by atoms with Crippen molar-refractivity contribution in [1.29, 1.82) is 0 Å². The lowest BCUT2D eigenvalue weighted by Crippen LogP contribution is -2.46.